The molecule has 0 aliphatic heterocycles. The van der Waals surface area contributed by atoms with Gasteiger partial charge in [0.2, 0.25) is 5.91 Å². The van der Waals surface area contributed by atoms with E-state index in [1.165, 1.54) is 12.8 Å². The predicted octanol–water partition coefficient (Wildman–Crippen LogP) is 2.98. The quantitative estimate of drug-likeness (QED) is 0.455. The first kappa shape index (κ1) is 19.8. The second-order valence-corrected chi connectivity index (χ2v) is 6.52. The monoisotopic (exact) mass is 296 g/mol. The molecule has 0 spiro atoms. The Bertz CT molecular complexity index is 330. The lowest BCUT2D eigenvalue weighted by atomic mass is 10.1. The van der Waals surface area contributed by atoms with Crippen LogP contribution in [0.1, 0.15) is 66.2 Å². The Hall–Kier alpha value is -1.16. The van der Waals surface area contributed by atoms with Crippen LogP contribution in [0.15, 0.2) is 12.2 Å². The highest BCUT2D eigenvalue weighted by Crippen LogP contribution is 2.02. The molecule has 0 saturated carbocycles. The summed E-state index contributed by atoms with van der Waals surface area (Å²) in [5, 5.41) is 6.36. The summed E-state index contributed by atoms with van der Waals surface area (Å²) in [6.07, 6.45) is 8.83. The molecule has 0 fully saturated rings. The van der Waals surface area contributed by atoms with Crippen LogP contribution in [0.4, 0.5) is 0 Å². The molecule has 0 heterocycles. The lowest BCUT2D eigenvalue weighted by Crippen LogP contribution is -2.36. The zero-order valence-corrected chi connectivity index (χ0v) is 14.1. The van der Waals surface area contributed by atoms with Gasteiger partial charge in [0.25, 0.3) is 0 Å². The van der Waals surface area contributed by atoms with E-state index in [9.17, 15) is 9.59 Å². The number of nitrogens with one attached hydrogen (secondary N) is 2. The van der Waals surface area contributed by atoms with E-state index in [-0.39, 0.29) is 17.2 Å². The van der Waals surface area contributed by atoms with Crippen LogP contribution >= 0.6 is 0 Å². The van der Waals surface area contributed by atoms with E-state index in [0.29, 0.717) is 12.8 Å². The van der Waals surface area contributed by atoms with E-state index in [2.05, 4.69) is 31.4 Å². The summed E-state index contributed by atoms with van der Waals surface area (Å²) in [4.78, 5) is 22.2. The van der Waals surface area contributed by atoms with Gasteiger partial charge in [0.15, 0.2) is 0 Å². The van der Waals surface area contributed by atoms with Gasteiger partial charge in [-0.05, 0) is 47.1 Å². The molecule has 0 atom stereocenters. The smallest absolute Gasteiger partial charge is 0.223 e. The average Bonchev–Trinajstić information content (AvgIpc) is 2.36. The van der Waals surface area contributed by atoms with E-state index in [1.807, 2.05) is 0 Å². The Morgan fingerprint density at radius 1 is 0.905 bits per heavy atom. The number of allylic oxidation sites excluding steroid dienone is 1. The number of rotatable bonds is 11. The van der Waals surface area contributed by atoms with Crippen molar-refractivity contribution in [2.24, 2.45) is 0 Å². The maximum Gasteiger partial charge on any atom is 0.223 e. The van der Waals surface area contributed by atoms with Crippen molar-refractivity contribution in [1.82, 2.24) is 10.6 Å². The van der Waals surface area contributed by atoms with Crippen molar-refractivity contribution in [3.05, 3.63) is 12.2 Å². The van der Waals surface area contributed by atoms with Crippen LogP contribution in [0, 0.1) is 0 Å². The van der Waals surface area contributed by atoms with E-state index in [0.717, 1.165) is 25.9 Å². The van der Waals surface area contributed by atoms with Crippen LogP contribution in [-0.2, 0) is 9.59 Å². The van der Waals surface area contributed by atoms with Crippen molar-refractivity contribution in [3.63, 3.8) is 0 Å². The normalized spacial score (nSPS) is 11.8. The standard InChI is InChI=1S/C17H32N2O2/c1-15(20)11-7-8-12-16(21)18-13-9-5-6-10-14-19-17(2,3)4/h7-8,19H,5-6,9-14H2,1-4H3,(H,18,21)/b8-7+. The van der Waals surface area contributed by atoms with Gasteiger partial charge in [-0.25, -0.2) is 0 Å². The highest BCUT2D eigenvalue weighted by Gasteiger charge is 2.06. The number of carbonyl (C=O) groups is 2. The van der Waals surface area contributed by atoms with Crippen LogP contribution in [0.2, 0.25) is 0 Å². The van der Waals surface area contributed by atoms with Gasteiger partial charge in [-0.3, -0.25) is 9.59 Å². The number of hydrogen-bond acceptors (Lipinski definition) is 3. The number of unbranched alkanes of at least 4 members (excludes halogenated alkanes) is 3. The number of amides is 1. The maximum absolute atomic E-state index is 11.5. The largest absolute Gasteiger partial charge is 0.356 e. The summed E-state index contributed by atoms with van der Waals surface area (Å²) in [7, 11) is 0. The highest BCUT2D eigenvalue weighted by atomic mass is 16.1. The van der Waals surface area contributed by atoms with Crippen molar-refractivity contribution >= 4 is 11.7 Å². The Labute approximate surface area is 129 Å². The van der Waals surface area contributed by atoms with Gasteiger partial charge in [-0.1, -0.05) is 25.0 Å². The third-order valence-electron chi connectivity index (χ3n) is 2.96. The average molecular weight is 296 g/mol. The summed E-state index contributed by atoms with van der Waals surface area (Å²) in [6, 6.07) is 0. The first-order valence-corrected chi connectivity index (χ1v) is 7.97. The van der Waals surface area contributed by atoms with Crippen molar-refractivity contribution < 1.29 is 9.59 Å². The fourth-order valence-electron chi connectivity index (χ4n) is 1.81. The Kier molecular flexibility index (Phi) is 10.9. The van der Waals surface area contributed by atoms with Crippen LogP contribution < -0.4 is 10.6 Å². The fourth-order valence-corrected chi connectivity index (χ4v) is 1.81. The predicted molar refractivity (Wildman–Crippen MR) is 88.3 cm³/mol. The second-order valence-electron chi connectivity index (χ2n) is 6.52. The van der Waals surface area contributed by atoms with E-state index >= 15 is 0 Å². The molecule has 0 aliphatic carbocycles. The summed E-state index contributed by atoms with van der Waals surface area (Å²) in [5.41, 5.74) is 0.198. The van der Waals surface area contributed by atoms with Gasteiger partial charge in [-0.2, -0.15) is 0 Å². The number of Topliss-reactive ketones (excluding diaryl/α,β-unsaturated/α-hetero) is 1. The van der Waals surface area contributed by atoms with Crippen LogP contribution in [-0.4, -0.2) is 30.3 Å². The van der Waals surface area contributed by atoms with Gasteiger partial charge in [-0.15, -0.1) is 0 Å². The molecular weight excluding hydrogens is 264 g/mol. The molecule has 0 unspecified atom stereocenters. The van der Waals surface area contributed by atoms with Crippen molar-refractivity contribution in [2.45, 2.75) is 71.8 Å². The first-order chi connectivity index (χ1) is 9.81. The van der Waals surface area contributed by atoms with Gasteiger partial charge in [0, 0.05) is 24.9 Å². The lowest BCUT2D eigenvalue weighted by Gasteiger charge is -2.20. The van der Waals surface area contributed by atoms with Gasteiger partial charge >= 0.3 is 0 Å². The molecule has 0 bridgehead atoms. The van der Waals surface area contributed by atoms with Crippen molar-refractivity contribution in [2.75, 3.05) is 13.1 Å². The fraction of sp³-hybridized carbons (Fsp3) is 0.765. The third kappa shape index (κ3) is 16.8. The topological polar surface area (TPSA) is 58.2 Å². The minimum absolute atomic E-state index is 0.0317. The molecule has 1 amide bonds. The molecule has 0 radical (unpaired) electrons. The minimum atomic E-state index is 0.0317. The molecule has 0 aromatic rings. The minimum Gasteiger partial charge on any atom is -0.356 e. The third-order valence-corrected chi connectivity index (χ3v) is 2.96. The summed E-state index contributed by atoms with van der Waals surface area (Å²) in [6.45, 7) is 9.86. The van der Waals surface area contributed by atoms with E-state index in [4.69, 9.17) is 0 Å². The second kappa shape index (κ2) is 11.5. The van der Waals surface area contributed by atoms with Gasteiger partial charge in [0.05, 0.1) is 0 Å². The van der Waals surface area contributed by atoms with Gasteiger partial charge < -0.3 is 10.6 Å². The molecule has 4 nitrogen and oxygen atoms in total. The van der Waals surface area contributed by atoms with Crippen LogP contribution in [0.5, 0.6) is 0 Å². The summed E-state index contributed by atoms with van der Waals surface area (Å²) >= 11 is 0. The number of carbonyl (C=O) groups excluding carboxylic acids is 2. The number of ketones is 1. The lowest BCUT2D eigenvalue weighted by molar-refractivity contribution is -0.120. The molecular formula is C17H32N2O2. The Morgan fingerprint density at radius 3 is 2.05 bits per heavy atom. The van der Waals surface area contributed by atoms with Crippen LogP contribution in [0.25, 0.3) is 0 Å². The van der Waals surface area contributed by atoms with Gasteiger partial charge in [0.1, 0.15) is 5.78 Å². The van der Waals surface area contributed by atoms with E-state index < -0.39 is 0 Å². The molecule has 0 aliphatic rings. The number of hydrogen-bond donors (Lipinski definition) is 2. The highest BCUT2D eigenvalue weighted by molar-refractivity contribution is 5.78. The first-order valence-electron chi connectivity index (χ1n) is 7.97. The van der Waals surface area contributed by atoms with Crippen LogP contribution in [0.3, 0.4) is 0 Å². The maximum atomic E-state index is 11.5. The molecule has 0 saturated heterocycles. The molecule has 0 aromatic heterocycles. The molecule has 21 heavy (non-hydrogen) atoms. The van der Waals surface area contributed by atoms with Crippen molar-refractivity contribution in [1.29, 1.82) is 0 Å². The zero-order chi connectivity index (χ0) is 16.1. The molecule has 0 rings (SSSR count). The Balaban J connectivity index is 3.36. The molecule has 122 valence electrons. The summed E-state index contributed by atoms with van der Waals surface area (Å²) < 4.78 is 0. The van der Waals surface area contributed by atoms with E-state index in [1.54, 1.807) is 19.1 Å². The zero-order valence-electron chi connectivity index (χ0n) is 14.1. The molecule has 0 aromatic carbocycles. The molecule has 4 heteroatoms. The molecule has 2 N–H and O–H groups in total. The summed E-state index contributed by atoms with van der Waals surface area (Å²) in [5.74, 6) is 0.150. The Morgan fingerprint density at radius 2 is 1.48 bits per heavy atom. The SMILES string of the molecule is CC(=O)C/C=C/CC(=O)NCCCCCCNC(C)(C)C. The van der Waals surface area contributed by atoms with Crippen molar-refractivity contribution in [3.8, 4) is 0 Å².